The largest absolute Gasteiger partial charge is 0.455 e. The van der Waals surface area contributed by atoms with Crippen molar-refractivity contribution >= 4 is 29.7 Å². The number of ether oxygens (including phenoxy) is 5. The summed E-state index contributed by atoms with van der Waals surface area (Å²) in [6.07, 6.45) is -4.68. The van der Waals surface area contributed by atoms with Crippen molar-refractivity contribution in [1.82, 2.24) is 0 Å². The Kier molecular flexibility index (Phi) is 6.03. The highest BCUT2D eigenvalue weighted by Gasteiger charge is 2.60. The fourth-order valence-electron chi connectivity index (χ4n) is 3.07. The minimum Gasteiger partial charge on any atom is -0.455 e. The Morgan fingerprint density at radius 1 is 0.815 bits per heavy atom. The van der Waals surface area contributed by atoms with Gasteiger partial charge in [0.2, 0.25) is 6.29 Å². The number of fused-ring (bicyclic) bond motifs is 2. The standard InChI is InChI=1S/C18H20O8S/c1-9(19)22-13-14(23-10(2)20)16-18(27-12-7-5-4-6-8-12)26-17(25-16)15(13)24-11(3)21/h4-8,13-18H,1-3H3/t13-,14-,15+,16-,17-,18?/m0/s1. The molecular formula is C18H20O8S. The Balaban J connectivity index is 1.90. The molecule has 3 rings (SSSR count). The van der Waals surface area contributed by atoms with Crippen molar-refractivity contribution < 1.29 is 38.1 Å². The summed E-state index contributed by atoms with van der Waals surface area (Å²) < 4.78 is 27.7. The van der Waals surface area contributed by atoms with Crippen molar-refractivity contribution in [2.75, 3.05) is 0 Å². The average molecular weight is 396 g/mol. The predicted octanol–water partition coefficient (Wildman–Crippen LogP) is 1.65. The molecule has 0 radical (unpaired) electrons. The Morgan fingerprint density at radius 3 is 1.96 bits per heavy atom. The zero-order valence-electron chi connectivity index (χ0n) is 15.0. The van der Waals surface area contributed by atoms with Crippen LogP contribution in [0, 0.1) is 0 Å². The molecule has 0 saturated carbocycles. The van der Waals surface area contributed by atoms with Gasteiger partial charge in [-0.1, -0.05) is 30.0 Å². The third kappa shape index (κ3) is 4.60. The third-order valence-electron chi connectivity index (χ3n) is 3.97. The van der Waals surface area contributed by atoms with Gasteiger partial charge in [-0.15, -0.1) is 0 Å². The van der Waals surface area contributed by atoms with E-state index in [1.54, 1.807) is 0 Å². The molecule has 9 heteroatoms. The number of hydrogen-bond donors (Lipinski definition) is 0. The molecule has 1 unspecified atom stereocenters. The summed E-state index contributed by atoms with van der Waals surface area (Å²) >= 11 is 1.38. The number of carbonyl (C=O) groups excluding carboxylic acids is 3. The molecule has 2 aliphatic heterocycles. The highest BCUT2D eigenvalue weighted by Crippen LogP contribution is 2.43. The maximum Gasteiger partial charge on any atom is 0.303 e. The zero-order chi connectivity index (χ0) is 19.6. The minimum atomic E-state index is -1.05. The van der Waals surface area contributed by atoms with E-state index in [0.29, 0.717) is 0 Å². The van der Waals surface area contributed by atoms with Crippen LogP contribution < -0.4 is 0 Å². The van der Waals surface area contributed by atoms with Gasteiger partial charge in [0, 0.05) is 25.7 Å². The number of hydrogen-bond acceptors (Lipinski definition) is 9. The number of benzene rings is 1. The zero-order valence-corrected chi connectivity index (χ0v) is 15.8. The second kappa shape index (κ2) is 8.28. The van der Waals surface area contributed by atoms with E-state index < -0.39 is 54.0 Å². The lowest BCUT2D eigenvalue weighted by atomic mass is 10.00. The van der Waals surface area contributed by atoms with Gasteiger partial charge >= 0.3 is 17.9 Å². The maximum absolute atomic E-state index is 11.6. The molecule has 2 heterocycles. The molecule has 0 amide bonds. The van der Waals surface area contributed by atoms with Crippen LogP contribution in [0.25, 0.3) is 0 Å². The molecule has 0 N–H and O–H groups in total. The van der Waals surface area contributed by atoms with Crippen LogP contribution in [-0.2, 0) is 38.1 Å². The van der Waals surface area contributed by atoms with Crippen molar-refractivity contribution in [1.29, 1.82) is 0 Å². The van der Waals surface area contributed by atoms with E-state index in [1.807, 2.05) is 30.3 Å². The lowest BCUT2D eigenvalue weighted by molar-refractivity contribution is -0.250. The van der Waals surface area contributed by atoms with Crippen LogP contribution in [0.4, 0.5) is 0 Å². The summed E-state index contributed by atoms with van der Waals surface area (Å²) in [5, 5.41) is 0. The fourth-order valence-corrected chi connectivity index (χ4v) is 4.17. The van der Waals surface area contributed by atoms with Crippen LogP contribution in [0.5, 0.6) is 0 Å². The van der Waals surface area contributed by atoms with Crippen LogP contribution in [0.1, 0.15) is 20.8 Å². The topological polar surface area (TPSA) is 97.4 Å². The number of carbonyl (C=O) groups is 3. The van der Waals surface area contributed by atoms with Crippen molar-refractivity contribution in [2.45, 2.75) is 61.8 Å². The lowest BCUT2D eigenvalue weighted by Crippen LogP contribution is -2.58. The quantitative estimate of drug-likeness (QED) is 0.543. The molecule has 1 aromatic rings. The summed E-state index contributed by atoms with van der Waals surface area (Å²) in [6, 6.07) is 9.48. The molecular weight excluding hydrogens is 376 g/mol. The summed E-state index contributed by atoms with van der Waals surface area (Å²) in [5.74, 6) is -1.76. The second-order valence-corrected chi connectivity index (χ2v) is 7.30. The van der Waals surface area contributed by atoms with E-state index in [9.17, 15) is 14.4 Å². The first kappa shape index (κ1) is 19.7. The minimum absolute atomic E-state index is 0.541. The van der Waals surface area contributed by atoms with Gasteiger partial charge in [0.15, 0.2) is 18.3 Å². The van der Waals surface area contributed by atoms with Gasteiger partial charge < -0.3 is 23.7 Å². The van der Waals surface area contributed by atoms with E-state index in [4.69, 9.17) is 23.7 Å². The van der Waals surface area contributed by atoms with Gasteiger partial charge in [-0.25, -0.2) is 0 Å². The average Bonchev–Trinajstić information content (AvgIpc) is 2.95. The van der Waals surface area contributed by atoms with Crippen molar-refractivity contribution in [2.24, 2.45) is 0 Å². The van der Waals surface area contributed by atoms with Crippen LogP contribution >= 0.6 is 11.8 Å². The monoisotopic (exact) mass is 396 g/mol. The molecule has 2 fully saturated rings. The fraction of sp³-hybridized carbons (Fsp3) is 0.500. The summed E-state index contributed by atoms with van der Waals surface area (Å²) in [4.78, 5) is 35.7. The molecule has 8 nitrogen and oxygen atoms in total. The van der Waals surface area contributed by atoms with Gasteiger partial charge in [-0.05, 0) is 12.1 Å². The van der Waals surface area contributed by atoms with E-state index in [2.05, 4.69) is 0 Å². The molecule has 0 aliphatic carbocycles. The third-order valence-corrected chi connectivity index (χ3v) is 5.12. The van der Waals surface area contributed by atoms with E-state index in [1.165, 1.54) is 32.5 Å². The van der Waals surface area contributed by atoms with Gasteiger partial charge in [0.1, 0.15) is 11.5 Å². The molecule has 146 valence electrons. The number of rotatable bonds is 5. The summed E-state index contributed by atoms with van der Waals surface area (Å²) in [6.45, 7) is 3.69. The maximum atomic E-state index is 11.6. The predicted molar refractivity (Wildman–Crippen MR) is 92.5 cm³/mol. The molecule has 2 aliphatic rings. The Labute approximate surface area is 160 Å². The Morgan fingerprint density at radius 2 is 1.37 bits per heavy atom. The lowest BCUT2D eigenvalue weighted by Gasteiger charge is -2.38. The first-order valence-electron chi connectivity index (χ1n) is 8.39. The summed E-state index contributed by atoms with van der Waals surface area (Å²) in [7, 11) is 0. The van der Waals surface area contributed by atoms with Gasteiger partial charge in [0.05, 0.1) is 0 Å². The molecule has 2 saturated heterocycles. The van der Waals surface area contributed by atoms with E-state index in [-0.39, 0.29) is 0 Å². The van der Waals surface area contributed by atoms with Crippen LogP contribution in [0.15, 0.2) is 35.2 Å². The SMILES string of the molecule is CC(=O)O[C@@H]1[C@@H](OC(C)=O)[C@@H]2OC(Sc3ccccc3)[C@@H](O2)[C@H]1OC(C)=O. The summed E-state index contributed by atoms with van der Waals surface area (Å²) in [5.41, 5.74) is -0.541. The molecule has 2 bridgehead atoms. The van der Waals surface area contributed by atoms with Gasteiger partial charge in [-0.3, -0.25) is 14.4 Å². The van der Waals surface area contributed by atoms with Crippen LogP contribution in [0.2, 0.25) is 0 Å². The molecule has 1 aromatic carbocycles. The van der Waals surface area contributed by atoms with Crippen molar-refractivity contribution in [3.8, 4) is 0 Å². The first-order valence-corrected chi connectivity index (χ1v) is 9.27. The Bertz CT molecular complexity index is 709. The van der Waals surface area contributed by atoms with Crippen LogP contribution in [0.3, 0.4) is 0 Å². The highest BCUT2D eigenvalue weighted by molar-refractivity contribution is 7.99. The van der Waals surface area contributed by atoms with E-state index >= 15 is 0 Å². The molecule has 0 spiro atoms. The number of esters is 3. The molecule has 6 atom stereocenters. The van der Waals surface area contributed by atoms with Crippen LogP contribution in [-0.4, -0.2) is 54.0 Å². The smallest absolute Gasteiger partial charge is 0.303 e. The van der Waals surface area contributed by atoms with E-state index in [0.717, 1.165) is 4.90 Å². The molecule has 0 aromatic heterocycles. The normalized spacial score (nSPS) is 31.8. The number of thioether (sulfide) groups is 1. The second-order valence-electron chi connectivity index (χ2n) is 6.13. The molecule has 27 heavy (non-hydrogen) atoms. The first-order chi connectivity index (χ1) is 12.8. The Hall–Kier alpha value is -2.10. The van der Waals surface area contributed by atoms with Crippen molar-refractivity contribution in [3.05, 3.63) is 30.3 Å². The highest BCUT2D eigenvalue weighted by atomic mass is 32.2. The van der Waals surface area contributed by atoms with Crippen molar-refractivity contribution in [3.63, 3.8) is 0 Å². The van der Waals surface area contributed by atoms with Gasteiger partial charge in [-0.2, -0.15) is 0 Å². The van der Waals surface area contributed by atoms with Gasteiger partial charge in [0.25, 0.3) is 0 Å².